The summed E-state index contributed by atoms with van der Waals surface area (Å²) in [7, 11) is -1.97. The Morgan fingerprint density at radius 1 is 1.10 bits per heavy atom. The number of ether oxygens (including phenoxy) is 1. The number of H-pyrrole nitrogens is 1. The second kappa shape index (κ2) is 7.17. The van der Waals surface area contributed by atoms with Crippen molar-refractivity contribution < 1.29 is 13.2 Å². The molecule has 9 heteroatoms. The fourth-order valence-corrected chi connectivity index (χ4v) is 3.56. The fraction of sp³-hybridized carbons (Fsp3) is 0.150. The molecule has 0 aliphatic carbocycles. The lowest BCUT2D eigenvalue weighted by atomic mass is 10.1. The van der Waals surface area contributed by atoms with Crippen LogP contribution >= 0.6 is 0 Å². The van der Waals surface area contributed by atoms with Crippen molar-refractivity contribution >= 4 is 20.7 Å². The van der Waals surface area contributed by atoms with Crippen LogP contribution in [0, 0.1) is 0 Å². The van der Waals surface area contributed by atoms with Crippen molar-refractivity contribution in [1.82, 2.24) is 19.7 Å². The van der Waals surface area contributed by atoms with Gasteiger partial charge < -0.3 is 9.30 Å². The van der Waals surface area contributed by atoms with E-state index in [0.717, 1.165) is 28.5 Å². The molecule has 0 aliphatic heterocycles. The van der Waals surface area contributed by atoms with Crippen molar-refractivity contribution in [2.24, 2.45) is 0 Å². The zero-order chi connectivity index (χ0) is 20.6. The van der Waals surface area contributed by atoms with Crippen molar-refractivity contribution in [2.75, 3.05) is 13.4 Å². The Hall–Kier alpha value is -3.46. The first kappa shape index (κ1) is 18.9. The molecule has 2 aromatic heterocycles. The molecule has 0 unspecified atom stereocenters. The van der Waals surface area contributed by atoms with Gasteiger partial charge in [-0.2, -0.15) is 10.1 Å². The predicted molar refractivity (Wildman–Crippen MR) is 109 cm³/mol. The van der Waals surface area contributed by atoms with Crippen LogP contribution in [0.5, 0.6) is 5.75 Å². The minimum atomic E-state index is -3.56. The third-order valence-electron chi connectivity index (χ3n) is 4.56. The molecule has 0 fully saturated rings. The normalized spacial score (nSPS) is 11.7. The van der Waals surface area contributed by atoms with E-state index < -0.39 is 9.84 Å². The molecular weight excluding hydrogens is 392 g/mol. The Balaban J connectivity index is 1.88. The summed E-state index contributed by atoms with van der Waals surface area (Å²) in [5, 5.41) is 6.88. The molecule has 4 rings (SSSR count). The van der Waals surface area contributed by atoms with Crippen LogP contribution in [0.1, 0.15) is 5.56 Å². The van der Waals surface area contributed by atoms with Crippen LogP contribution in [-0.2, 0) is 16.4 Å². The molecule has 29 heavy (non-hydrogen) atoms. The number of benzene rings is 2. The number of hydrogen-bond acceptors (Lipinski definition) is 6. The van der Waals surface area contributed by atoms with Gasteiger partial charge in [0.1, 0.15) is 5.75 Å². The van der Waals surface area contributed by atoms with Crippen molar-refractivity contribution in [3.8, 4) is 17.1 Å². The number of rotatable bonds is 5. The van der Waals surface area contributed by atoms with Gasteiger partial charge in [0, 0.05) is 6.26 Å². The monoisotopic (exact) mass is 410 g/mol. The fourth-order valence-electron chi connectivity index (χ4n) is 3.09. The largest absolute Gasteiger partial charge is 0.497 e. The van der Waals surface area contributed by atoms with E-state index in [1.807, 2.05) is 48.5 Å². The zero-order valence-corrected chi connectivity index (χ0v) is 16.6. The number of nitrogens with one attached hydrogen (secondary N) is 1. The van der Waals surface area contributed by atoms with Crippen LogP contribution < -0.4 is 10.3 Å². The number of hydrogen-bond donors (Lipinski definition) is 1. The number of para-hydroxylation sites is 1. The highest BCUT2D eigenvalue weighted by molar-refractivity contribution is 7.90. The molecule has 8 nitrogen and oxygen atoms in total. The van der Waals surface area contributed by atoms with Crippen molar-refractivity contribution in [1.29, 1.82) is 0 Å². The summed E-state index contributed by atoms with van der Waals surface area (Å²) in [6, 6.07) is 16.6. The highest BCUT2D eigenvalue weighted by Crippen LogP contribution is 2.21. The summed E-state index contributed by atoms with van der Waals surface area (Å²) in [6.07, 6.45) is 1.03. The Morgan fingerprint density at radius 3 is 2.48 bits per heavy atom. The second-order valence-corrected chi connectivity index (χ2v) is 8.52. The van der Waals surface area contributed by atoms with Gasteiger partial charge in [-0.1, -0.05) is 30.3 Å². The van der Waals surface area contributed by atoms with Gasteiger partial charge in [-0.05, 0) is 35.2 Å². The predicted octanol–water partition coefficient (Wildman–Crippen LogP) is 2.25. The Bertz CT molecular complexity index is 1360. The molecule has 2 heterocycles. The maximum atomic E-state index is 13.3. The van der Waals surface area contributed by atoms with Gasteiger partial charge in [0.05, 0.1) is 24.7 Å². The van der Waals surface area contributed by atoms with Crippen molar-refractivity contribution in [3.63, 3.8) is 0 Å². The van der Waals surface area contributed by atoms with E-state index >= 15 is 0 Å². The molecular formula is C20H18N4O4S. The molecule has 0 radical (unpaired) electrons. The lowest BCUT2D eigenvalue weighted by molar-refractivity contribution is 0.414. The molecule has 0 saturated carbocycles. The molecule has 148 valence electrons. The number of fused-ring (bicyclic) bond motifs is 1. The molecule has 0 amide bonds. The van der Waals surface area contributed by atoms with E-state index in [4.69, 9.17) is 4.74 Å². The van der Waals surface area contributed by atoms with E-state index in [1.165, 1.54) is 0 Å². The summed E-state index contributed by atoms with van der Waals surface area (Å²) in [5.41, 5.74) is 1.60. The Labute approximate surface area is 166 Å². The smallest absolute Gasteiger partial charge is 0.262 e. The molecule has 1 N–H and O–H groups in total. The average molecular weight is 410 g/mol. The summed E-state index contributed by atoms with van der Waals surface area (Å²) in [6.45, 7) is 0.334. The molecule has 2 aromatic carbocycles. The zero-order valence-electron chi connectivity index (χ0n) is 15.8. The average Bonchev–Trinajstić information content (AvgIpc) is 3.21. The van der Waals surface area contributed by atoms with Gasteiger partial charge in [0.25, 0.3) is 5.56 Å². The van der Waals surface area contributed by atoms with E-state index in [0.29, 0.717) is 6.54 Å². The molecule has 0 saturated heterocycles. The van der Waals surface area contributed by atoms with Gasteiger partial charge in [-0.15, -0.1) is 0 Å². The van der Waals surface area contributed by atoms with E-state index in [9.17, 15) is 13.2 Å². The number of aromatic nitrogens is 4. The quantitative estimate of drug-likeness (QED) is 0.541. The minimum Gasteiger partial charge on any atom is -0.497 e. The second-order valence-electron chi connectivity index (χ2n) is 6.59. The van der Waals surface area contributed by atoms with Gasteiger partial charge in [-0.25, -0.2) is 13.5 Å². The Morgan fingerprint density at radius 2 is 1.83 bits per heavy atom. The number of methoxy groups -OCH3 is 1. The van der Waals surface area contributed by atoms with Gasteiger partial charge in [-0.3, -0.25) is 4.79 Å². The van der Waals surface area contributed by atoms with E-state index in [2.05, 4.69) is 15.2 Å². The first-order valence-electron chi connectivity index (χ1n) is 8.75. The lowest BCUT2D eigenvalue weighted by Crippen LogP contribution is -2.23. The third-order valence-corrected chi connectivity index (χ3v) is 5.44. The molecule has 0 spiro atoms. The maximum absolute atomic E-state index is 13.3. The summed E-state index contributed by atoms with van der Waals surface area (Å²) in [4.78, 5) is 17.3. The van der Waals surface area contributed by atoms with Crippen LogP contribution in [0.2, 0.25) is 0 Å². The van der Waals surface area contributed by atoms with E-state index in [1.54, 1.807) is 17.7 Å². The summed E-state index contributed by atoms with van der Waals surface area (Å²) < 4.78 is 30.2. The van der Waals surface area contributed by atoms with Crippen LogP contribution in [0.15, 0.2) is 64.5 Å². The summed E-state index contributed by atoms with van der Waals surface area (Å²) in [5.74, 6) is 0.776. The number of sulfone groups is 1. The Kier molecular flexibility index (Phi) is 4.67. The molecule has 0 bridgehead atoms. The highest BCUT2D eigenvalue weighted by atomic mass is 32.2. The SMILES string of the molecule is COc1ccc(Cn2c(=O)c(-c3n[nH]c(S(C)(=O)=O)n3)cc3ccccc32)cc1. The van der Waals surface area contributed by atoms with Crippen LogP contribution in [-0.4, -0.2) is 41.5 Å². The van der Waals surface area contributed by atoms with Crippen LogP contribution in [0.4, 0.5) is 0 Å². The van der Waals surface area contributed by atoms with Crippen LogP contribution in [0.3, 0.4) is 0 Å². The maximum Gasteiger partial charge on any atom is 0.262 e. The van der Waals surface area contributed by atoms with Gasteiger partial charge in [0.2, 0.25) is 15.0 Å². The van der Waals surface area contributed by atoms with Gasteiger partial charge >= 0.3 is 0 Å². The molecule has 0 atom stereocenters. The minimum absolute atomic E-state index is 0.0460. The third kappa shape index (κ3) is 3.64. The number of pyridine rings is 1. The number of aromatic amines is 1. The van der Waals surface area contributed by atoms with Gasteiger partial charge in [0.15, 0.2) is 5.82 Å². The molecule has 0 aliphatic rings. The standard InChI is InChI=1S/C20H18N4O4S/c1-28-15-9-7-13(8-10-15)12-24-17-6-4-3-5-14(17)11-16(19(24)25)18-21-20(23-22-18)29(2,26)27/h3-11H,12H2,1-2H3,(H,21,22,23). The number of nitrogens with zero attached hydrogens (tertiary/aromatic N) is 3. The van der Waals surface area contributed by atoms with Crippen LogP contribution in [0.25, 0.3) is 22.3 Å². The van der Waals surface area contributed by atoms with Crippen molar-refractivity contribution in [2.45, 2.75) is 11.7 Å². The molecule has 4 aromatic rings. The van der Waals surface area contributed by atoms with E-state index in [-0.39, 0.29) is 22.1 Å². The first-order chi connectivity index (χ1) is 13.9. The van der Waals surface area contributed by atoms with Crippen molar-refractivity contribution in [3.05, 3.63) is 70.5 Å². The summed E-state index contributed by atoms with van der Waals surface area (Å²) >= 11 is 0. The highest BCUT2D eigenvalue weighted by Gasteiger charge is 2.18. The first-order valence-corrected chi connectivity index (χ1v) is 10.6. The topological polar surface area (TPSA) is 107 Å². The lowest BCUT2D eigenvalue weighted by Gasteiger charge is -2.12.